The fourth-order valence-electron chi connectivity index (χ4n) is 1.06. The molecule has 0 fully saturated rings. The van der Waals surface area contributed by atoms with Crippen molar-refractivity contribution in [2.24, 2.45) is 0 Å². The highest BCUT2D eigenvalue weighted by Crippen LogP contribution is 2.15. The molecule has 0 aliphatic carbocycles. The fourth-order valence-corrected chi connectivity index (χ4v) is 1.06. The second kappa shape index (κ2) is 3.64. The highest BCUT2D eigenvalue weighted by atomic mass is 19.2. The zero-order chi connectivity index (χ0) is 10.0. The predicted molar refractivity (Wildman–Crippen MR) is 44.8 cm³/mol. The van der Waals surface area contributed by atoms with Crippen molar-refractivity contribution in [2.45, 2.75) is 13.3 Å². The highest BCUT2D eigenvalue weighted by Gasteiger charge is 2.09. The first-order valence-electron chi connectivity index (χ1n) is 3.78. The zero-order valence-electron chi connectivity index (χ0n) is 7.20. The zero-order valence-corrected chi connectivity index (χ0v) is 7.20. The van der Waals surface area contributed by atoms with Crippen LogP contribution in [0.5, 0.6) is 0 Å². The Morgan fingerprint density at radius 1 is 1.23 bits per heavy atom. The van der Waals surface area contributed by atoms with Gasteiger partial charge in [0.2, 0.25) is 0 Å². The summed E-state index contributed by atoms with van der Waals surface area (Å²) in [5, 5.41) is 0. The largest absolute Gasteiger partial charge is 0.204 e. The number of benzene rings is 1. The van der Waals surface area contributed by atoms with Crippen molar-refractivity contribution in [1.82, 2.24) is 0 Å². The van der Waals surface area contributed by atoms with Crippen LogP contribution in [0.15, 0.2) is 24.3 Å². The van der Waals surface area contributed by atoms with Crippen LogP contribution in [-0.2, 0) is 6.42 Å². The Balaban J connectivity index is 3.06. The average molecular weight is 186 g/mol. The molecule has 0 N–H and O–H groups in total. The van der Waals surface area contributed by atoms with Crippen molar-refractivity contribution >= 4 is 0 Å². The molecule has 0 unspecified atom stereocenters. The SMILES string of the molecule is C=C(C)Cc1cc(F)c(F)c(F)c1. The van der Waals surface area contributed by atoms with E-state index < -0.39 is 17.5 Å². The minimum Gasteiger partial charge on any atom is -0.204 e. The number of hydrogen-bond donors (Lipinski definition) is 0. The molecular formula is C10H9F3. The predicted octanol–water partition coefficient (Wildman–Crippen LogP) is 3.22. The first kappa shape index (κ1) is 9.84. The Morgan fingerprint density at radius 2 is 1.69 bits per heavy atom. The van der Waals surface area contributed by atoms with Gasteiger partial charge < -0.3 is 0 Å². The van der Waals surface area contributed by atoms with Gasteiger partial charge >= 0.3 is 0 Å². The van der Waals surface area contributed by atoms with Crippen molar-refractivity contribution in [2.75, 3.05) is 0 Å². The van der Waals surface area contributed by atoms with E-state index in [9.17, 15) is 13.2 Å². The Bertz CT molecular complexity index is 319. The van der Waals surface area contributed by atoms with Gasteiger partial charge in [-0.05, 0) is 31.0 Å². The molecular weight excluding hydrogens is 177 g/mol. The molecule has 0 atom stereocenters. The fraction of sp³-hybridized carbons (Fsp3) is 0.200. The quantitative estimate of drug-likeness (QED) is 0.491. The molecule has 0 aromatic heterocycles. The van der Waals surface area contributed by atoms with Crippen molar-refractivity contribution < 1.29 is 13.2 Å². The van der Waals surface area contributed by atoms with Crippen LogP contribution < -0.4 is 0 Å². The highest BCUT2D eigenvalue weighted by molar-refractivity contribution is 5.23. The molecule has 0 nitrogen and oxygen atoms in total. The first-order valence-corrected chi connectivity index (χ1v) is 3.78. The van der Waals surface area contributed by atoms with Gasteiger partial charge in [-0.25, -0.2) is 13.2 Å². The van der Waals surface area contributed by atoms with Crippen molar-refractivity contribution in [3.63, 3.8) is 0 Å². The maximum atomic E-state index is 12.6. The van der Waals surface area contributed by atoms with Crippen LogP contribution in [0.3, 0.4) is 0 Å². The lowest BCUT2D eigenvalue weighted by molar-refractivity contribution is 0.445. The summed E-state index contributed by atoms with van der Waals surface area (Å²) in [6, 6.07) is 1.96. The van der Waals surface area contributed by atoms with Crippen LogP contribution in [0, 0.1) is 17.5 Å². The molecule has 0 aliphatic heterocycles. The summed E-state index contributed by atoms with van der Waals surface area (Å²) < 4.78 is 37.8. The Kier molecular flexibility index (Phi) is 2.76. The van der Waals surface area contributed by atoms with Crippen molar-refractivity contribution in [1.29, 1.82) is 0 Å². The Labute approximate surface area is 74.7 Å². The van der Waals surface area contributed by atoms with Gasteiger partial charge in [-0.15, -0.1) is 0 Å². The molecule has 0 saturated heterocycles. The molecule has 0 amide bonds. The summed E-state index contributed by atoms with van der Waals surface area (Å²) in [5.41, 5.74) is 1.16. The normalized spacial score (nSPS) is 10.2. The smallest absolute Gasteiger partial charge is 0.194 e. The third kappa shape index (κ3) is 2.34. The number of allylic oxidation sites excluding steroid dienone is 1. The van der Waals surface area contributed by atoms with E-state index in [1.54, 1.807) is 6.92 Å². The van der Waals surface area contributed by atoms with Crippen LogP contribution in [0.25, 0.3) is 0 Å². The van der Waals surface area contributed by atoms with E-state index >= 15 is 0 Å². The van der Waals surface area contributed by atoms with E-state index in [1.165, 1.54) is 0 Å². The second-order valence-electron chi connectivity index (χ2n) is 3.01. The van der Waals surface area contributed by atoms with Crippen LogP contribution in [0.2, 0.25) is 0 Å². The molecule has 13 heavy (non-hydrogen) atoms. The van der Waals surface area contributed by atoms with Gasteiger partial charge in [0.15, 0.2) is 17.5 Å². The molecule has 1 aromatic rings. The molecule has 0 bridgehead atoms. The lowest BCUT2D eigenvalue weighted by atomic mass is 10.1. The molecule has 3 heteroatoms. The summed E-state index contributed by atoms with van der Waals surface area (Å²) >= 11 is 0. The Hall–Kier alpha value is -1.25. The summed E-state index contributed by atoms with van der Waals surface area (Å²) in [5.74, 6) is -3.74. The molecule has 70 valence electrons. The molecule has 1 aromatic carbocycles. The summed E-state index contributed by atoms with van der Waals surface area (Å²) in [7, 11) is 0. The van der Waals surface area contributed by atoms with E-state index in [2.05, 4.69) is 6.58 Å². The minimum atomic E-state index is -1.43. The van der Waals surface area contributed by atoms with Crippen LogP contribution in [0.1, 0.15) is 12.5 Å². The summed E-state index contributed by atoms with van der Waals surface area (Å²) in [6.45, 7) is 5.33. The molecule has 1 rings (SSSR count). The van der Waals surface area contributed by atoms with E-state index in [0.717, 1.165) is 17.7 Å². The van der Waals surface area contributed by atoms with Gasteiger partial charge in [-0.2, -0.15) is 0 Å². The number of halogens is 3. The van der Waals surface area contributed by atoms with Gasteiger partial charge in [0, 0.05) is 0 Å². The summed E-state index contributed by atoms with van der Waals surface area (Å²) in [6.07, 6.45) is 0.355. The van der Waals surface area contributed by atoms with Gasteiger partial charge in [0.05, 0.1) is 0 Å². The molecule has 0 saturated carbocycles. The Morgan fingerprint density at radius 3 is 2.08 bits per heavy atom. The molecule has 0 radical (unpaired) electrons. The van der Waals surface area contributed by atoms with Gasteiger partial charge in [-0.1, -0.05) is 12.2 Å². The standard InChI is InChI=1S/C10H9F3/c1-6(2)3-7-4-8(11)10(13)9(12)5-7/h4-5H,1,3H2,2H3. The maximum Gasteiger partial charge on any atom is 0.194 e. The molecule has 0 heterocycles. The molecule has 0 aliphatic rings. The van der Waals surface area contributed by atoms with E-state index in [0.29, 0.717) is 12.0 Å². The molecule has 0 spiro atoms. The van der Waals surface area contributed by atoms with Crippen LogP contribution >= 0.6 is 0 Å². The lowest BCUT2D eigenvalue weighted by Gasteiger charge is -2.02. The van der Waals surface area contributed by atoms with Crippen molar-refractivity contribution in [3.8, 4) is 0 Å². The average Bonchev–Trinajstić information content (AvgIpc) is 1.98. The van der Waals surface area contributed by atoms with E-state index in [1.807, 2.05) is 0 Å². The summed E-state index contributed by atoms with van der Waals surface area (Å²) in [4.78, 5) is 0. The number of hydrogen-bond acceptors (Lipinski definition) is 0. The van der Waals surface area contributed by atoms with Gasteiger partial charge in [0.25, 0.3) is 0 Å². The van der Waals surface area contributed by atoms with Crippen LogP contribution in [0.4, 0.5) is 13.2 Å². The number of rotatable bonds is 2. The van der Waals surface area contributed by atoms with Gasteiger partial charge in [0.1, 0.15) is 0 Å². The minimum absolute atomic E-state index is 0.355. The van der Waals surface area contributed by atoms with E-state index in [4.69, 9.17) is 0 Å². The van der Waals surface area contributed by atoms with Crippen LogP contribution in [-0.4, -0.2) is 0 Å². The maximum absolute atomic E-state index is 12.6. The lowest BCUT2D eigenvalue weighted by Crippen LogP contribution is -1.95. The second-order valence-corrected chi connectivity index (χ2v) is 3.01. The third-order valence-electron chi connectivity index (χ3n) is 1.55. The van der Waals surface area contributed by atoms with E-state index in [-0.39, 0.29) is 0 Å². The topological polar surface area (TPSA) is 0 Å². The first-order chi connectivity index (χ1) is 6.00. The third-order valence-corrected chi connectivity index (χ3v) is 1.55. The van der Waals surface area contributed by atoms with Crippen molar-refractivity contribution in [3.05, 3.63) is 47.3 Å². The monoisotopic (exact) mass is 186 g/mol. The van der Waals surface area contributed by atoms with Gasteiger partial charge in [-0.3, -0.25) is 0 Å².